The topological polar surface area (TPSA) is 67.2 Å². The van der Waals surface area contributed by atoms with E-state index in [0.29, 0.717) is 17.7 Å². The molecule has 1 atom stereocenters. The van der Waals surface area contributed by atoms with Crippen molar-refractivity contribution in [1.82, 2.24) is 15.1 Å². The highest BCUT2D eigenvalue weighted by Gasteiger charge is 2.35. The number of carbonyl (C=O) groups is 1. The van der Waals surface area contributed by atoms with Crippen molar-refractivity contribution in [2.75, 3.05) is 0 Å². The first-order chi connectivity index (χ1) is 15.0. The van der Waals surface area contributed by atoms with E-state index in [1.807, 2.05) is 0 Å². The molecule has 1 unspecified atom stereocenters. The molecular formula is C21H17F6N3O2. The van der Waals surface area contributed by atoms with Crippen molar-refractivity contribution in [3.05, 3.63) is 82.4 Å². The number of aliphatic hydroxyl groups is 1. The molecule has 170 valence electrons. The van der Waals surface area contributed by atoms with Gasteiger partial charge in [-0.1, -0.05) is 12.1 Å². The number of nitrogens with zero attached hydrogens (tertiary/aromatic N) is 2. The van der Waals surface area contributed by atoms with Crippen molar-refractivity contribution < 1.29 is 36.2 Å². The van der Waals surface area contributed by atoms with Gasteiger partial charge < -0.3 is 10.4 Å². The Bertz CT molecular complexity index is 1140. The molecule has 2 aromatic carbocycles. The molecule has 1 amide bonds. The standard InChI is InChI=1S/C21H17F6N3O2/c1-11(12-2-3-13(10-31)17(23)6-12)20(32)28-9-15-8-19(21(25,26)27)29-30(15)14-4-5-16(22)18(24)7-14/h2-8,11,31H,9-10H2,1H3,(H,28,32). The van der Waals surface area contributed by atoms with Crippen LogP contribution in [0.25, 0.3) is 5.69 Å². The number of alkyl halides is 3. The number of halogens is 6. The third-order valence-corrected chi connectivity index (χ3v) is 4.81. The third kappa shape index (κ3) is 4.93. The second-order valence-electron chi connectivity index (χ2n) is 6.98. The number of aromatic nitrogens is 2. The first-order valence-electron chi connectivity index (χ1n) is 9.29. The van der Waals surface area contributed by atoms with E-state index in [1.54, 1.807) is 0 Å². The number of nitrogens with one attached hydrogen (secondary N) is 1. The summed E-state index contributed by atoms with van der Waals surface area (Å²) in [5.74, 6) is -4.63. The van der Waals surface area contributed by atoms with Crippen LogP contribution in [0.1, 0.15) is 35.4 Å². The summed E-state index contributed by atoms with van der Waals surface area (Å²) in [6.07, 6.45) is -4.80. The summed E-state index contributed by atoms with van der Waals surface area (Å²) in [6.45, 7) is 0.543. The molecule has 0 aliphatic carbocycles. The zero-order valence-corrected chi connectivity index (χ0v) is 16.6. The molecule has 0 fully saturated rings. The van der Waals surface area contributed by atoms with Gasteiger partial charge in [-0.25, -0.2) is 17.9 Å². The first kappa shape index (κ1) is 23.3. The van der Waals surface area contributed by atoms with Gasteiger partial charge in [0.25, 0.3) is 0 Å². The SMILES string of the molecule is CC(C(=O)NCc1cc(C(F)(F)F)nn1-c1ccc(F)c(F)c1)c1ccc(CO)c(F)c1. The Morgan fingerprint density at radius 1 is 1.06 bits per heavy atom. The lowest BCUT2D eigenvalue weighted by Gasteiger charge is -2.14. The maximum absolute atomic E-state index is 13.9. The smallest absolute Gasteiger partial charge is 0.392 e. The fraction of sp³-hybridized carbons (Fsp3) is 0.238. The van der Waals surface area contributed by atoms with Gasteiger partial charge in [0.1, 0.15) is 5.82 Å². The summed E-state index contributed by atoms with van der Waals surface area (Å²) in [5, 5.41) is 14.9. The Hall–Kier alpha value is -3.34. The molecule has 3 aromatic rings. The molecule has 3 rings (SSSR count). The predicted molar refractivity (Wildman–Crippen MR) is 101 cm³/mol. The van der Waals surface area contributed by atoms with Crippen molar-refractivity contribution in [1.29, 1.82) is 0 Å². The van der Waals surface area contributed by atoms with Crippen LogP contribution in [0.2, 0.25) is 0 Å². The molecule has 0 aliphatic heterocycles. The second kappa shape index (κ2) is 9.03. The van der Waals surface area contributed by atoms with E-state index in [1.165, 1.54) is 19.1 Å². The van der Waals surface area contributed by atoms with E-state index in [-0.39, 0.29) is 16.9 Å². The molecule has 0 radical (unpaired) electrons. The highest BCUT2D eigenvalue weighted by molar-refractivity contribution is 5.83. The van der Waals surface area contributed by atoms with Crippen molar-refractivity contribution in [2.45, 2.75) is 32.2 Å². The normalized spacial score (nSPS) is 12.6. The molecule has 0 bridgehead atoms. The number of hydrogen-bond acceptors (Lipinski definition) is 3. The third-order valence-electron chi connectivity index (χ3n) is 4.81. The highest BCUT2D eigenvalue weighted by Crippen LogP contribution is 2.30. The Labute approximate surface area is 178 Å². The lowest BCUT2D eigenvalue weighted by Crippen LogP contribution is -2.28. The van der Waals surface area contributed by atoms with E-state index >= 15 is 0 Å². The zero-order valence-electron chi connectivity index (χ0n) is 16.6. The highest BCUT2D eigenvalue weighted by atomic mass is 19.4. The Morgan fingerprint density at radius 2 is 1.78 bits per heavy atom. The van der Waals surface area contributed by atoms with E-state index in [2.05, 4.69) is 10.4 Å². The molecule has 1 heterocycles. The maximum Gasteiger partial charge on any atom is 0.435 e. The van der Waals surface area contributed by atoms with Crippen LogP contribution >= 0.6 is 0 Å². The number of carbonyl (C=O) groups excluding carboxylic acids is 1. The fourth-order valence-electron chi connectivity index (χ4n) is 2.97. The van der Waals surface area contributed by atoms with E-state index in [0.717, 1.165) is 22.9 Å². The summed E-state index contributed by atoms with van der Waals surface area (Å²) in [4.78, 5) is 12.5. The lowest BCUT2D eigenvalue weighted by molar-refractivity contribution is -0.141. The number of amides is 1. The molecule has 0 saturated heterocycles. The minimum atomic E-state index is -4.80. The molecule has 2 N–H and O–H groups in total. The summed E-state index contributed by atoms with van der Waals surface area (Å²) >= 11 is 0. The molecule has 1 aromatic heterocycles. The monoisotopic (exact) mass is 457 g/mol. The van der Waals surface area contributed by atoms with Gasteiger partial charge in [0, 0.05) is 11.6 Å². The van der Waals surface area contributed by atoms with Gasteiger partial charge in [0.15, 0.2) is 17.3 Å². The van der Waals surface area contributed by atoms with Gasteiger partial charge in [-0.3, -0.25) is 4.79 Å². The fourth-order valence-corrected chi connectivity index (χ4v) is 2.97. The Kier molecular flexibility index (Phi) is 6.58. The van der Waals surface area contributed by atoms with Gasteiger partial charge in [0.2, 0.25) is 5.91 Å². The summed E-state index contributed by atoms with van der Waals surface area (Å²) < 4.78 is 80.8. The average Bonchev–Trinajstić information content (AvgIpc) is 3.18. The van der Waals surface area contributed by atoms with Crippen molar-refractivity contribution >= 4 is 5.91 Å². The van der Waals surface area contributed by atoms with Gasteiger partial charge in [-0.05, 0) is 36.8 Å². The second-order valence-corrected chi connectivity index (χ2v) is 6.98. The van der Waals surface area contributed by atoms with Crippen LogP contribution in [-0.2, 0) is 24.1 Å². The lowest BCUT2D eigenvalue weighted by atomic mass is 9.98. The molecular weight excluding hydrogens is 440 g/mol. The van der Waals surface area contributed by atoms with Crippen LogP contribution in [0.4, 0.5) is 26.3 Å². The molecule has 32 heavy (non-hydrogen) atoms. The summed E-state index contributed by atoms with van der Waals surface area (Å²) in [7, 11) is 0. The molecule has 0 spiro atoms. The van der Waals surface area contributed by atoms with Gasteiger partial charge in [0.05, 0.1) is 30.5 Å². The average molecular weight is 457 g/mol. The quantitative estimate of drug-likeness (QED) is 0.545. The zero-order chi connectivity index (χ0) is 23.6. The maximum atomic E-state index is 13.9. The number of rotatable bonds is 6. The van der Waals surface area contributed by atoms with E-state index in [9.17, 15) is 31.1 Å². The van der Waals surface area contributed by atoms with Gasteiger partial charge in [-0.2, -0.15) is 18.3 Å². The number of aliphatic hydroxyl groups excluding tert-OH is 1. The van der Waals surface area contributed by atoms with Crippen LogP contribution in [0, 0.1) is 17.5 Å². The van der Waals surface area contributed by atoms with Crippen molar-refractivity contribution in [2.24, 2.45) is 0 Å². The molecule has 5 nitrogen and oxygen atoms in total. The van der Waals surface area contributed by atoms with E-state index in [4.69, 9.17) is 5.11 Å². The first-order valence-corrected chi connectivity index (χ1v) is 9.29. The number of benzene rings is 2. The van der Waals surface area contributed by atoms with Crippen LogP contribution in [0.3, 0.4) is 0 Å². The largest absolute Gasteiger partial charge is 0.435 e. The minimum absolute atomic E-state index is 0.0523. The Morgan fingerprint density at radius 3 is 2.38 bits per heavy atom. The van der Waals surface area contributed by atoms with E-state index < -0.39 is 54.3 Å². The van der Waals surface area contributed by atoms with Crippen molar-refractivity contribution in [3.8, 4) is 5.69 Å². The molecule has 0 aliphatic rings. The van der Waals surface area contributed by atoms with Crippen LogP contribution in [0.5, 0.6) is 0 Å². The predicted octanol–water partition coefficient (Wildman–Crippen LogP) is 4.22. The van der Waals surface area contributed by atoms with Crippen LogP contribution < -0.4 is 5.32 Å². The minimum Gasteiger partial charge on any atom is -0.392 e. The number of hydrogen-bond donors (Lipinski definition) is 2. The van der Waals surface area contributed by atoms with Gasteiger partial charge in [-0.15, -0.1) is 0 Å². The van der Waals surface area contributed by atoms with Crippen molar-refractivity contribution in [3.63, 3.8) is 0 Å². The van der Waals surface area contributed by atoms with Gasteiger partial charge >= 0.3 is 6.18 Å². The summed E-state index contributed by atoms with van der Waals surface area (Å²) in [6, 6.07) is 7.01. The summed E-state index contributed by atoms with van der Waals surface area (Å²) in [5.41, 5.74) is -1.23. The Balaban J connectivity index is 1.84. The molecule has 0 saturated carbocycles. The van der Waals surface area contributed by atoms with Crippen LogP contribution in [0.15, 0.2) is 42.5 Å². The van der Waals surface area contributed by atoms with Crippen LogP contribution in [-0.4, -0.2) is 20.8 Å². The molecule has 11 heteroatoms.